The standard InChI is InChI=1S/C34H35BrClN3O4S/c1-3-25(2)37-34(41)32(21-26-11-6-4-7-12-26)38(23-27-17-19-28(35)20-18-27)33(40)24-39(30-14-10-13-29(36)22-30)44(42,43)31-15-8-5-9-16-31/h4-20,22,25,32H,3,21,23-24H2,1-2H3,(H,37,41)/t25-,32+/m1/s1. The maximum absolute atomic E-state index is 14.5. The number of hydrogen-bond acceptors (Lipinski definition) is 4. The highest BCUT2D eigenvalue weighted by Crippen LogP contribution is 2.27. The number of halogens is 2. The van der Waals surface area contributed by atoms with Gasteiger partial charge in [0.25, 0.3) is 10.0 Å². The topological polar surface area (TPSA) is 86.8 Å². The zero-order valence-corrected chi connectivity index (χ0v) is 27.7. The summed E-state index contributed by atoms with van der Waals surface area (Å²) >= 11 is 9.73. The van der Waals surface area contributed by atoms with Crippen molar-refractivity contribution >= 4 is 55.1 Å². The van der Waals surface area contributed by atoms with E-state index in [0.29, 0.717) is 11.4 Å². The summed E-state index contributed by atoms with van der Waals surface area (Å²) < 4.78 is 29.9. The van der Waals surface area contributed by atoms with Crippen LogP contribution in [-0.4, -0.2) is 43.8 Å². The van der Waals surface area contributed by atoms with Gasteiger partial charge in [-0.15, -0.1) is 0 Å². The van der Waals surface area contributed by atoms with Gasteiger partial charge in [0.05, 0.1) is 10.6 Å². The first kappa shape index (κ1) is 33.2. The van der Waals surface area contributed by atoms with Crippen LogP contribution in [0.4, 0.5) is 5.69 Å². The fraction of sp³-hybridized carbons (Fsp3) is 0.235. The van der Waals surface area contributed by atoms with Crippen molar-refractivity contribution in [1.29, 1.82) is 0 Å². The average Bonchev–Trinajstić information content (AvgIpc) is 3.03. The Balaban J connectivity index is 1.80. The zero-order valence-electron chi connectivity index (χ0n) is 24.6. The lowest BCUT2D eigenvalue weighted by Gasteiger charge is -2.34. The van der Waals surface area contributed by atoms with E-state index in [0.717, 1.165) is 19.9 Å². The molecule has 0 unspecified atom stereocenters. The largest absolute Gasteiger partial charge is 0.352 e. The summed E-state index contributed by atoms with van der Waals surface area (Å²) in [4.78, 5) is 29.8. The fourth-order valence-electron chi connectivity index (χ4n) is 4.66. The van der Waals surface area contributed by atoms with Gasteiger partial charge in [-0.3, -0.25) is 13.9 Å². The Bertz CT molecular complexity index is 1660. The third-order valence-electron chi connectivity index (χ3n) is 7.24. The Hall–Kier alpha value is -3.66. The Kier molecular flexibility index (Phi) is 11.6. The van der Waals surface area contributed by atoms with Crippen LogP contribution in [0.5, 0.6) is 0 Å². The van der Waals surface area contributed by atoms with Crippen LogP contribution in [0, 0.1) is 0 Å². The minimum absolute atomic E-state index is 0.0302. The number of nitrogens with zero attached hydrogens (tertiary/aromatic N) is 2. The molecule has 0 heterocycles. The van der Waals surface area contributed by atoms with E-state index in [4.69, 9.17) is 11.6 Å². The van der Waals surface area contributed by atoms with Crippen molar-refractivity contribution in [3.05, 3.63) is 130 Å². The van der Waals surface area contributed by atoms with Crippen LogP contribution in [0.15, 0.2) is 119 Å². The van der Waals surface area contributed by atoms with Gasteiger partial charge in [0.2, 0.25) is 11.8 Å². The Labute approximate surface area is 273 Å². The molecule has 0 spiro atoms. The monoisotopic (exact) mass is 695 g/mol. The Morgan fingerprint density at radius 3 is 2.11 bits per heavy atom. The van der Waals surface area contributed by atoms with Gasteiger partial charge in [-0.05, 0) is 66.9 Å². The molecule has 0 aliphatic carbocycles. The molecule has 4 aromatic rings. The summed E-state index contributed by atoms with van der Waals surface area (Å²) in [5.74, 6) is -0.846. The van der Waals surface area contributed by atoms with E-state index in [1.54, 1.807) is 36.4 Å². The third kappa shape index (κ3) is 8.71. The third-order valence-corrected chi connectivity index (χ3v) is 9.80. The van der Waals surface area contributed by atoms with Crippen molar-refractivity contribution in [1.82, 2.24) is 10.2 Å². The van der Waals surface area contributed by atoms with Crippen molar-refractivity contribution in [3.63, 3.8) is 0 Å². The predicted octanol–water partition coefficient (Wildman–Crippen LogP) is 6.85. The smallest absolute Gasteiger partial charge is 0.264 e. The first-order valence-electron chi connectivity index (χ1n) is 14.3. The molecule has 0 radical (unpaired) electrons. The van der Waals surface area contributed by atoms with Crippen molar-refractivity contribution in [2.75, 3.05) is 10.8 Å². The second-order valence-electron chi connectivity index (χ2n) is 10.5. The minimum atomic E-state index is -4.19. The number of hydrogen-bond donors (Lipinski definition) is 1. The highest BCUT2D eigenvalue weighted by molar-refractivity contribution is 9.10. The number of nitrogens with one attached hydrogen (secondary N) is 1. The Morgan fingerprint density at radius 1 is 0.864 bits per heavy atom. The molecule has 4 aromatic carbocycles. The number of amides is 2. The van der Waals surface area contributed by atoms with E-state index >= 15 is 0 Å². The summed E-state index contributed by atoms with van der Waals surface area (Å²) in [7, 11) is -4.19. The van der Waals surface area contributed by atoms with E-state index in [-0.39, 0.29) is 35.5 Å². The molecule has 0 bridgehead atoms. The lowest BCUT2D eigenvalue weighted by molar-refractivity contribution is -0.140. The molecule has 0 fully saturated rings. The number of carbonyl (C=O) groups excluding carboxylic acids is 2. The van der Waals surface area contributed by atoms with Gasteiger partial charge in [-0.2, -0.15) is 0 Å². The highest BCUT2D eigenvalue weighted by atomic mass is 79.9. The maximum atomic E-state index is 14.5. The first-order chi connectivity index (χ1) is 21.1. The first-order valence-corrected chi connectivity index (χ1v) is 16.9. The summed E-state index contributed by atoms with van der Waals surface area (Å²) in [6.45, 7) is 3.42. The van der Waals surface area contributed by atoms with Crippen molar-refractivity contribution < 1.29 is 18.0 Å². The molecule has 0 aliphatic heterocycles. The zero-order chi connectivity index (χ0) is 31.7. The quantitative estimate of drug-likeness (QED) is 0.166. The molecule has 7 nitrogen and oxygen atoms in total. The van der Waals surface area contributed by atoms with Crippen molar-refractivity contribution in [3.8, 4) is 0 Å². The average molecular weight is 697 g/mol. The molecule has 0 saturated carbocycles. The highest BCUT2D eigenvalue weighted by Gasteiger charge is 2.35. The van der Waals surface area contributed by atoms with Gasteiger partial charge in [0.1, 0.15) is 12.6 Å². The van der Waals surface area contributed by atoms with Crippen molar-refractivity contribution in [2.45, 2.75) is 50.2 Å². The van der Waals surface area contributed by atoms with E-state index in [1.165, 1.54) is 23.1 Å². The van der Waals surface area contributed by atoms with E-state index in [2.05, 4.69) is 21.2 Å². The lowest BCUT2D eigenvalue weighted by Crippen LogP contribution is -2.54. The molecule has 10 heteroatoms. The molecule has 0 aliphatic rings. The van der Waals surface area contributed by atoms with Crippen LogP contribution in [0.1, 0.15) is 31.4 Å². The van der Waals surface area contributed by atoms with Gasteiger partial charge in [-0.1, -0.05) is 101 Å². The maximum Gasteiger partial charge on any atom is 0.264 e. The lowest BCUT2D eigenvalue weighted by atomic mass is 10.0. The molecule has 44 heavy (non-hydrogen) atoms. The molecular weight excluding hydrogens is 662 g/mol. The number of carbonyl (C=O) groups is 2. The second-order valence-corrected chi connectivity index (χ2v) is 13.7. The fourth-order valence-corrected chi connectivity index (χ4v) is 6.54. The number of anilines is 1. The Morgan fingerprint density at radius 2 is 1.50 bits per heavy atom. The molecular formula is C34H35BrClN3O4S. The molecule has 1 N–H and O–H groups in total. The van der Waals surface area contributed by atoms with Gasteiger partial charge < -0.3 is 10.2 Å². The molecule has 0 saturated heterocycles. The molecule has 230 valence electrons. The number of rotatable bonds is 13. The number of sulfonamides is 1. The van der Waals surface area contributed by atoms with E-state index in [1.807, 2.05) is 68.4 Å². The van der Waals surface area contributed by atoms with Gasteiger partial charge in [0, 0.05) is 28.5 Å². The second kappa shape index (κ2) is 15.4. The number of benzene rings is 4. The molecule has 2 atom stereocenters. The van der Waals surface area contributed by atoms with E-state index in [9.17, 15) is 18.0 Å². The van der Waals surface area contributed by atoms with Gasteiger partial charge in [-0.25, -0.2) is 8.42 Å². The van der Waals surface area contributed by atoms with Crippen LogP contribution in [0.2, 0.25) is 5.02 Å². The summed E-state index contributed by atoms with van der Waals surface area (Å²) in [5.41, 5.74) is 1.90. The van der Waals surface area contributed by atoms with E-state index < -0.39 is 28.5 Å². The molecule has 0 aromatic heterocycles. The predicted molar refractivity (Wildman–Crippen MR) is 179 cm³/mol. The van der Waals surface area contributed by atoms with Gasteiger partial charge in [0.15, 0.2) is 0 Å². The normalized spacial score (nSPS) is 12.6. The van der Waals surface area contributed by atoms with Crippen LogP contribution in [0.3, 0.4) is 0 Å². The molecule has 2 amide bonds. The summed E-state index contributed by atoms with van der Waals surface area (Å²) in [6.07, 6.45) is 0.955. The summed E-state index contributed by atoms with van der Waals surface area (Å²) in [5, 5.41) is 3.36. The van der Waals surface area contributed by atoms with Crippen LogP contribution < -0.4 is 9.62 Å². The van der Waals surface area contributed by atoms with Crippen LogP contribution in [-0.2, 0) is 32.6 Å². The SMILES string of the molecule is CC[C@@H](C)NC(=O)[C@H](Cc1ccccc1)N(Cc1ccc(Br)cc1)C(=O)CN(c1cccc(Cl)c1)S(=O)(=O)c1ccccc1. The van der Waals surface area contributed by atoms with Gasteiger partial charge >= 0.3 is 0 Å². The van der Waals surface area contributed by atoms with Crippen LogP contribution in [0.25, 0.3) is 0 Å². The minimum Gasteiger partial charge on any atom is -0.352 e. The summed E-state index contributed by atoms with van der Waals surface area (Å²) in [6, 6.07) is 30.2. The molecule has 4 rings (SSSR count). The van der Waals surface area contributed by atoms with Crippen LogP contribution >= 0.6 is 27.5 Å². The van der Waals surface area contributed by atoms with Crippen molar-refractivity contribution in [2.24, 2.45) is 0 Å².